The molecule has 15 heteroatoms. The van der Waals surface area contributed by atoms with Crippen molar-refractivity contribution in [2.75, 3.05) is 57.7 Å². The second-order valence-corrected chi connectivity index (χ2v) is 16.2. The highest BCUT2D eigenvalue weighted by Gasteiger charge is 2.48. The molecule has 2 atom stereocenters. The Morgan fingerprint density at radius 1 is 0.769 bits per heavy atom. The van der Waals surface area contributed by atoms with E-state index < -0.39 is 32.3 Å². The van der Waals surface area contributed by atoms with Crippen molar-refractivity contribution in [1.82, 2.24) is 10.6 Å². The van der Waals surface area contributed by atoms with Gasteiger partial charge in [-0.15, -0.1) is 0 Å². The highest BCUT2D eigenvalue weighted by Crippen LogP contribution is 2.54. The topological polar surface area (TPSA) is 169 Å². The number of allylic oxidation sites excluding steroid dienone is 1. The van der Waals surface area contributed by atoms with Crippen LogP contribution in [0.5, 0.6) is 0 Å². The van der Waals surface area contributed by atoms with Gasteiger partial charge in [-0.05, 0) is 25.3 Å². The van der Waals surface area contributed by atoms with Crippen molar-refractivity contribution in [3.63, 3.8) is 0 Å². The van der Waals surface area contributed by atoms with E-state index in [1.54, 1.807) is 6.08 Å². The molecule has 0 unspecified atom stereocenters. The molecule has 0 bridgehead atoms. The maximum atomic E-state index is 13.2. The van der Waals surface area contributed by atoms with Crippen LogP contribution in [0.2, 0.25) is 0 Å². The number of unbranched alkanes of at least 4 members (excludes halogenated alkanes) is 16. The van der Waals surface area contributed by atoms with Crippen LogP contribution < -0.4 is 16.4 Å². The Labute approximate surface area is 317 Å². The normalized spacial score (nSPS) is 13.4. The van der Waals surface area contributed by atoms with Crippen molar-refractivity contribution in [2.24, 2.45) is 5.73 Å². The minimum Gasteiger partial charge on any atom is -0.379 e. The molecule has 2 amide bonds. The first-order valence-electron chi connectivity index (χ1n) is 19.7. The average molecular weight is 788 g/mol. The summed E-state index contributed by atoms with van der Waals surface area (Å²) in [5.74, 6) is 0.388. The lowest BCUT2D eigenvalue weighted by Gasteiger charge is -2.19. The third-order valence-corrected chi connectivity index (χ3v) is 10.7. The number of hydrogen-bond donors (Lipinski definition) is 5. The molecule has 11 nitrogen and oxygen atoms in total. The zero-order chi connectivity index (χ0) is 38.8. The summed E-state index contributed by atoms with van der Waals surface area (Å²) >= 11 is 1.47. The van der Waals surface area contributed by atoms with Crippen LogP contribution >= 0.6 is 19.4 Å². The quantitative estimate of drug-likeness (QED) is 0.0240. The van der Waals surface area contributed by atoms with Gasteiger partial charge in [0.2, 0.25) is 11.8 Å². The minimum absolute atomic E-state index is 0.0446. The van der Waals surface area contributed by atoms with Crippen molar-refractivity contribution >= 4 is 31.2 Å². The molecule has 0 aromatic rings. The number of hydrogen-bond acceptors (Lipinski definition) is 8. The van der Waals surface area contributed by atoms with E-state index in [-0.39, 0.29) is 44.2 Å². The predicted molar refractivity (Wildman–Crippen MR) is 208 cm³/mol. The van der Waals surface area contributed by atoms with Crippen LogP contribution in [0.25, 0.3) is 0 Å². The summed E-state index contributed by atoms with van der Waals surface area (Å²) in [4.78, 5) is 42.3. The Bertz CT molecular complexity index is 949. The largest absolute Gasteiger partial charge is 0.394 e. The monoisotopic (exact) mass is 787 g/mol. The van der Waals surface area contributed by atoms with E-state index in [2.05, 4.69) is 24.5 Å². The molecule has 0 aliphatic heterocycles. The zero-order valence-electron chi connectivity index (χ0n) is 32.1. The zero-order valence-corrected chi connectivity index (χ0v) is 33.9. The van der Waals surface area contributed by atoms with Crippen molar-refractivity contribution < 1.29 is 46.9 Å². The minimum atomic E-state index is -5.52. The average Bonchev–Trinajstić information content (AvgIpc) is 3.09. The molecule has 6 N–H and O–H groups in total. The van der Waals surface area contributed by atoms with E-state index in [4.69, 9.17) is 29.7 Å². The van der Waals surface area contributed by atoms with Gasteiger partial charge in [-0.25, -0.2) is 0 Å². The van der Waals surface area contributed by atoms with Gasteiger partial charge in [0.25, 0.3) is 0 Å². The first-order chi connectivity index (χ1) is 24.9. The van der Waals surface area contributed by atoms with E-state index in [1.165, 1.54) is 102 Å². The molecule has 52 heavy (non-hydrogen) atoms. The number of amides is 2. The summed E-state index contributed by atoms with van der Waals surface area (Å²) in [5.41, 5.74) is 1.95. The van der Waals surface area contributed by atoms with Gasteiger partial charge in [0, 0.05) is 31.1 Å². The van der Waals surface area contributed by atoms with Crippen LogP contribution in [0.3, 0.4) is 0 Å². The molecule has 0 radical (unpaired) electrons. The summed E-state index contributed by atoms with van der Waals surface area (Å²) in [7, 11) is -5.52. The maximum Gasteiger partial charge on any atom is 0.394 e. The second-order valence-electron chi connectivity index (χ2n) is 13.4. The number of carbonyl (C=O) groups excluding carboxylic acids is 2. The smallest absolute Gasteiger partial charge is 0.379 e. The van der Waals surface area contributed by atoms with Gasteiger partial charge in [0.1, 0.15) is 0 Å². The first-order valence-corrected chi connectivity index (χ1v) is 22.5. The molecule has 0 rings (SSSR count). The molecule has 0 aromatic carbocycles. The Kier molecular flexibility index (Phi) is 33.6. The van der Waals surface area contributed by atoms with E-state index >= 15 is 0 Å². The molecule has 0 fully saturated rings. The summed E-state index contributed by atoms with van der Waals surface area (Å²) < 4.78 is 53.3. The van der Waals surface area contributed by atoms with Gasteiger partial charge >= 0.3 is 13.3 Å². The number of alkyl halides is 2. The number of ether oxygens (including phenoxy) is 3. The molecule has 0 saturated carbocycles. The fourth-order valence-electron chi connectivity index (χ4n) is 5.16. The molecular weight excluding hydrogens is 715 g/mol. The second kappa shape index (κ2) is 34.4. The number of nitrogens with two attached hydrogens (primary N) is 1. The number of carbonyl (C=O) groups is 2. The van der Waals surface area contributed by atoms with Gasteiger partial charge in [0.15, 0.2) is 0 Å². The van der Waals surface area contributed by atoms with Crippen LogP contribution in [0.15, 0.2) is 12.2 Å². The van der Waals surface area contributed by atoms with Crippen LogP contribution in [-0.2, 0) is 28.4 Å². The maximum absolute atomic E-state index is 13.2. The first kappa shape index (κ1) is 50.9. The van der Waals surface area contributed by atoms with Crippen LogP contribution in [0, 0.1) is 0 Å². The third-order valence-electron chi connectivity index (χ3n) is 8.40. The molecule has 0 saturated heterocycles. The Hall–Kier alpha value is -1.12. The Morgan fingerprint density at radius 2 is 1.31 bits per heavy atom. The molecule has 0 aliphatic carbocycles. The van der Waals surface area contributed by atoms with Crippen molar-refractivity contribution in [2.45, 2.75) is 154 Å². The van der Waals surface area contributed by atoms with E-state index in [1.807, 2.05) is 6.08 Å². The highest BCUT2D eigenvalue weighted by molar-refractivity contribution is 7.99. The third kappa shape index (κ3) is 31.3. The van der Waals surface area contributed by atoms with Gasteiger partial charge in [-0.2, -0.15) is 20.5 Å². The summed E-state index contributed by atoms with van der Waals surface area (Å²) in [6.07, 6.45) is 24.4. The summed E-state index contributed by atoms with van der Waals surface area (Å²) in [5, 5.41) is 5.74. The molecule has 0 aromatic heterocycles. The molecular formula is C37H72F2N3O8PS. The molecule has 0 spiro atoms. The molecule has 308 valence electrons. The highest BCUT2D eigenvalue weighted by atomic mass is 32.2. The lowest BCUT2D eigenvalue weighted by Crippen LogP contribution is -2.44. The SMILES string of the molecule is CCCCCCCCCC=CC(=O)N[C@H](COCCCCCCCCCCCC)CSC[C@H](N)C(=O)NCCOCCOCCC(F)(F)P(=O)(O)O. The van der Waals surface area contributed by atoms with Gasteiger partial charge in [-0.1, -0.05) is 116 Å². The lowest BCUT2D eigenvalue weighted by atomic mass is 10.1. The predicted octanol–water partition coefficient (Wildman–Crippen LogP) is 7.48. The van der Waals surface area contributed by atoms with Gasteiger partial charge in [-0.3, -0.25) is 14.2 Å². The van der Waals surface area contributed by atoms with E-state index in [0.717, 1.165) is 25.7 Å². The molecule has 0 aliphatic rings. The van der Waals surface area contributed by atoms with Crippen LogP contribution in [0.4, 0.5) is 8.78 Å². The summed E-state index contributed by atoms with van der Waals surface area (Å²) in [6, 6.07) is -0.993. The number of thioether (sulfide) groups is 1. The van der Waals surface area contributed by atoms with Crippen LogP contribution in [-0.4, -0.2) is 97.0 Å². The van der Waals surface area contributed by atoms with E-state index in [9.17, 15) is 22.9 Å². The summed E-state index contributed by atoms with van der Waals surface area (Å²) in [6.45, 7) is 5.29. The molecule has 0 heterocycles. The fourth-order valence-corrected chi connectivity index (χ4v) is 6.55. The fraction of sp³-hybridized carbons (Fsp3) is 0.892. The Morgan fingerprint density at radius 3 is 1.88 bits per heavy atom. The van der Waals surface area contributed by atoms with Gasteiger partial charge in [0.05, 0.1) is 45.1 Å². The van der Waals surface area contributed by atoms with Crippen molar-refractivity contribution in [1.29, 1.82) is 0 Å². The van der Waals surface area contributed by atoms with E-state index in [0.29, 0.717) is 24.7 Å². The Balaban J connectivity index is 4.40. The standard InChI is InChI=1S/C37H72F2N3O8PS/c1-3-5-7-9-11-13-15-17-19-21-25-50-30-33(42-35(43)22-20-18-16-14-12-10-8-6-4-2)31-52-32-34(40)36(44)41-24-27-49-29-28-48-26-23-37(38,39)51(45,46)47/h20,22,33-34H,3-19,21,23-32,40H2,1-2H3,(H,41,44)(H,42,43)(H2,45,46,47)/t33-,34+/m1/s1. The van der Waals surface area contributed by atoms with Crippen molar-refractivity contribution in [3.8, 4) is 0 Å². The number of nitrogens with one attached hydrogen (secondary N) is 2. The number of halogens is 2. The van der Waals surface area contributed by atoms with Crippen molar-refractivity contribution in [3.05, 3.63) is 12.2 Å². The number of rotatable bonds is 38. The van der Waals surface area contributed by atoms with Crippen LogP contribution in [0.1, 0.15) is 136 Å². The van der Waals surface area contributed by atoms with Gasteiger partial charge < -0.3 is 40.4 Å². The lowest BCUT2D eigenvalue weighted by molar-refractivity contribution is -0.122.